The van der Waals surface area contributed by atoms with Gasteiger partial charge in [0.15, 0.2) is 5.82 Å². The molecule has 1 unspecified atom stereocenters. The molecule has 1 amide bonds. The minimum Gasteiger partial charge on any atom is -0.497 e. The third-order valence-electron chi connectivity index (χ3n) is 7.06. The maximum atomic E-state index is 13.1. The molecule has 1 aliphatic rings. The van der Waals surface area contributed by atoms with E-state index in [1.807, 2.05) is 54.3 Å². The van der Waals surface area contributed by atoms with Gasteiger partial charge in [0.1, 0.15) is 5.75 Å². The molecular formula is C32H38N4O6S. The third kappa shape index (κ3) is 9.21. The van der Waals surface area contributed by atoms with Gasteiger partial charge in [0.25, 0.3) is 10.1 Å². The summed E-state index contributed by atoms with van der Waals surface area (Å²) in [7, 11) is 1.78. The van der Waals surface area contributed by atoms with Crippen molar-refractivity contribution in [2.75, 3.05) is 39.2 Å². The number of hydrogen-bond donors (Lipinski definition) is 1. The molecular weight excluding hydrogens is 568 g/mol. The Morgan fingerprint density at radius 1 is 1.07 bits per heavy atom. The van der Waals surface area contributed by atoms with E-state index in [2.05, 4.69) is 35.2 Å². The molecule has 1 aliphatic heterocycles. The molecule has 0 bridgehead atoms. The maximum absolute atomic E-state index is 13.1. The van der Waals surface area contributed by atoms with Crippen LogP contribution in [0.3, 0.4) is 0 Å². The van der Waals surface area contributed by atoms with Gasteiger partial charge in [-0.25, -0.2) is 0 Å². The smallest absolute Gasteiger partial charge is 0.294 e. The van der Waals surface area contributed by atoms with Crippen molar-refractivity contribution in [3.63, 3.8) is 0 Å². The van der Waals surface area contributed by atoms with Gasteiger partial charge in [-0.05, 0) is 74.8 Å². The summed E-state index contributed by atoms with van der Waals surface area (Å²) in [5.74, 6) is 2.44. The number of aryl methyl sites for hydroxylation is 2. The van der Waals surface area contributed by atoms with Crippen molar-refractivity contribution in [1.82, 2.24) is 15.0 Å². The summed E-state index contributed by atoms with van der Waals surface area (Å²) < 4.78 is 40.1. The number of anilines is 1. The second-order valence-corrected chi connectivity index (χ2v) is 12.3. The Kier molecular flexibility index (Phi) is 10.7. The quantitative estimate of drug-likeness (QED) is 0.272. The number of fused-ring (bicyclic) bond motifs is 1. The van der Waals surface area contributed by atoms with Crippen LogP contribution in [-0.4, -0.2) is 68.2 Å². The molecule has 10 nitrogen and oxygen atoms in total. The number of hydrogen-bond acceptors (Lipinski definition) is 8. The van der Waals surface area contributed by atoms with Crippen LogP contribution in [0.15, 0.2) is 82.2 Å². The number of carbonyl (C=O) groups is 1. The number of benzene rings is 3. The first-order valence-corrected chi connectivity index (χ1v) is 15.5. The van der Waals surface area contributed by atoms with Crippen LogP contribution < -0.4 is 9.64 Å². The van der Waals surface area contributed by atoms with Gasteiger partial charge in [-0.15, -0.1) is 0 Å². The normalized spacial score (nSPS) is 14.6. The first kappa shape index (κ1) is 31.9. The van der Waals surface area contributed by atoms with Crippen molar-refractivity contribution in [1.29, 1.82) is 0 Å². The summed E-state index contributed by atoms with van der Waals surface area (Å²) in [4.78, 5) is 21.7. The van der Waals surface area contributed by atoms with Crippen LogP contribution in [0.4, 0.5) is 5.69 Å². The predicted molar refractivity (Wildman–Crippen MR) is 164 cm³/mol. The average molecular weight is 607 g/mol. The van der Waals surface area contributed by atoms with E-state index in [1.165, 1.54) is 17.7 Å². The largest absolute Gasteiger partial charge is 0.497 e. The Bertz CT molecular complexity index is 1600. The molecule has 11 heteroatoms. The molecule has 3 aromatic carbocycles. The van der Waals surface area contributed by atoms with Crippen molar-refractivity contribution < 1.29 is 27.0 Å². The highest BCUT2D eigenvalue weighted by atomic mass is 32.2. The van der Waals surface area contributed by atoms with Crippen LogP contribution in [0.25, 0.3) is 0 Å². The number of methoxy groups -OCH3 is 1. The van der Waals surface area contributed by atoms with Gasteiger partial charge >= 0.3 is 0 Å². The van der Waals surface area contributed by atoms with Crippen molar-refractivity contribution in [2.45, 2.75) is 37.5 Å². The molecule has 0 saturated carbocycles. The van der Waals surface area contributed by atoms with Crippen LogP contribution >= 0.6 is 0 Å². The fourth-order valence-electron chi connectivity index (χ4n) is 5.00. The molecule has 0 spiro atoms. The highest BCUT2D eigenvalue weighted by Gasteiger charge is 2.28. The lowest BCUT2D eigenvalue weighted by molar-refractivity contribution is -0.118. The van der Waals surface area contributed by atoms with Gasteiger partial charge in [0.05, 0.1) is 12.0 Å². The fraction of sp³-hybridized carbons (Fsp3) is 0.344. The lowest BCUT2D eigenvalue weighted by atomic mass is 9.91. The lowest BCUT2D eigenvalue weighted by Crippen LogP contribution is -2.43. The van der Waals surface area contributed by atoms with Crippen LogP contribution in [0.2, 0.25) is 0 Å². The number of nitrogens with zero attached hydrogens (tertiary/aromatic N) is 4. The Hall–Kier alpha value is -4.06. The zero-order valence-electron chi connectivity index (χ0n) is 24.9. The van der Waals surface area contributed by atoms with E-state index in [0.29, 0.717) is 36.9 Å². The minimum atomic E-state index is -4.02. The van der Waals surface area contributed by atoms with E-state index in [9.17, 15) is 13.2 Å². The lowest BCUT2D eigenvalue weighted by Gasteiger charge is -2.35. The third-order valence-corrected chi connectivity index (χ3v) is 7.93. The van der Waals surface area contributed by atoms with E-state index >= 15 is 0 Å². The molecule has 1 atom stereocenters. The van der Waals surface area contributed by atoms with Crippen molar-refractivity contribution in [3.05, 3.63) is 101 Å². The Balaban J connectivity index is 0.000000324. The van der Waals surface area contributed by atoms with E-state index < -0.39 is 10.1 Å². The first-order valence-electron chi connectivity index (χ1n) is 14.0. The monoisotopic (exact) mass is 606 g/mol. The molecule has 4 aromatic rings. The molecule has 0 aliphatic carbocycles. The molecule has 2 heterocycles. The number of carbonyl (C=O) groups excluding carboxylic acids is 1. The number of amides is 1. The van der Waals surface area contributed by atoms with E-state index in [-0.39, 0.29) is 10.8 Å². The standard InChI is InChI=1S/C25H30N4O3.C7H8O3S/c1-28(2)16-19-14-20-6-4-5-7-22(20)29(17-19)25(30)13-12-24-26-23(27-32-24)15-18-8-10-21(31-3)11-9-18;1-6-2-4-7(5-3-6)11(8,9)10/h4-11,19H,12-17H2,1-3H3;2-5H,1H3,(H,8,9,10). The summed E-state index contributed by atoms with van der Waals surface area (Å²) in [5, 5.41) is 4.08. The highest BCUT2D eigenvalue weighted by molar-refractivity contribution is 7.85. The van der Waals surface area contributed by atoms with Crippen molar-refractivity contribution >= 4 is 21.7 Å². The van der Waals surface area contributed by atoms with Gasteiger partial charge in [0.2, 0.25) is 11.8 Å². The number of para-hydroxylation sites is 1. The molecule has 1 aromatic heterocycles. The molecule has 5 rings (SSSR count). The Morgan fingerprint density at radius 3 is 2.42 bits per heavy atom. The molecule has 43 heavy (non-hydrogen) atoms. The second kappa shape index (κ2) is 14.4. The zero-order valence-corrected chi connectivity index (χ0v) is 25.8. The van der Waals surface area contributed by atoms with Crippen molar-refractivity contribution in [2.24, 2.45) is 5.92 Å². The average Bonchev–Trinajstić information content (AvgIpc) is 3.43. The summed E-state index contributed by atoms with van der Waals surface area (Å²) >= 11 is 0. The predicted octanol–water partition coefficient (Wildman–Crippen LogP) is 4.61. The van der Waals surface area contributed by atoms with Crippen molar-refractivity contribution in [3.8, 4) is 5.75 Å². The minimum absolute atomic E-state index is 0.0666. The number of ether oxygens (including phenoxy) is 1. The van der Waals surface area contributed by atoms with Gasteiger partial charge in [-0.2, -0.15) is 13.4 Å². The topological polar surface area (TPSA) is 126 Å². The molecule has 0 fully saturated rings. The van der Waals surface area contributed by atoms with Gasteiger partial charge in [0, 0.05) is 38.0 Å². The van der Waals surface area contributed by atoms with Crippen LogP contribution in [0.5, 0.6) is 5.75 Å². The summed E-state index contributed by atoms with van der Waals surface area (Å²) in [6.07, 6.45) is 2.35. The maximum Gasteiger partial charge on any atom is 0.294 e. The summed E-state index contributed by atoms with van der Waals surface area (Å²) in [6.45, 7) is 3.53. The second-order valence-electron chi connectivity index (χ2n) is 10.9. The van der Waals surface area contributed by atoms with Crippen LogP contribution in [-0.2, 0) is 34.2 Å². The van der Waals surface area contributed by atoms with E-state index in [1.54, 1.807) is 19.2 Å². The first-order chi connectivity index (χ1) is 20.5. The van der Waals surface area contributed by atoms with Gasteiger partial charge in [-0.1, -0.05) is 53.2 Å². The Morgan fingerprint density at radius 2 is 1.77 bits per heavy atom. The van der Waals surface area contributed by atoms with Gasteiger partial charge < -0.3 is 19.1 Å². The SMILES string of the molecule is COc1ccc(Cc2noc(CCC(=O)N3CC(CN(C)C)Cc4ccccc43)n2)cc1.Cc1ccc(S(=O)(=O)O)cc1. The zero-order chi connectivity index (χ0) is 31.0. The van der Waals surface area contributed by atoms with Gasteiger partial charge in [-0.3, -0.25) is 9.35 Å². The number of rotatable bonds is 9. The van der Waals surface area contributed by atoms with Crippen LogP contribution in [0.1, 0.15) is 34.8 Å². The Labute approximate surface area is 253 Å². The van der Waals surface area contributed by atoms with Crippen LogP contribution in [0, 0.1) is 12.8 Å². The summed E-state index contributed by atoms with van der Waals surface area (Å²) in [6, 6.07) is 22.0. The molecule has 1 N–H and O–H groups in total. The summed E-state index contributed by atoms with van der Waals surface area (Å²) in [5.41, 5.74) is 4.29. The highest BCUT2D eigenvalue weighted by Crippen LogP contribution is 2.30. The number of aromatic nitrogens is 2. The molecule has 0 radical (unpaired) electrons. The molecule has 228 valence electrons. The van der Waals surface area contributed by atoms with E-state index in [0.717, 1.165) is 42.1 Å². The van der Waals surface area contributed by atoms with E-state index in [4.69, 9.17) is 13.8 Å². The molecule has 0 saturated heterocycles. The fourth-order valence-corrected chi connectivity index (χ4v) is 5.48.